The highest BCUT2D eigenvalue weighted by atomic mass is 35.5. The molecule has 0 aliphatic carbocycles. The van der Waals surface area contributed by atoms with Crippen molar-refractivity contribution >= 4 is 18.4 Å². The van der Waals surface area contributed by atoms with Crippen LogP contribution in [0.25, 0.3) is 11.3 Å². The van der Waals surface area contributed by atoms with E-state index in [0.29, 0.717) is 5.76 Å². The summed E-state index contributed by atoms with van der Waals surface area (Å²) in [7, 11) is 0. The Morgan fingerprint density at radius 3 is 2.67 bits per heavy atom. The molecule has 15 heavy (non-hydrogen) atoms. The fourth-order valence-electron chi connectivity index (χ4n) is 1.12. The van der Waals surface area contributed by atoms with Crippen molar-refractivity contribution in [3.63, 3.8) is 0 Å². The number of nitrogens with zero attached hydrogens (tertiary/aromatic N) is 1. The van der Waals surface area contributed by atoms with E-state index in [1.165, 1.54) is 6.07 Å². The second-order valence-electron chi connectivity index (χ2n) is 2.71. The lowest BCUT2D eigenvalue weighted by atomic mass is 10.2. The molecular weight excluding hydrogens is 218 g/mol. The van der Waals surface area contributed by atoms with Crippen LogP contribution in [-0.4, -0.2) is 16.1 Å². The fourth-order valence-corrected chi connectivity index (χ4v) is 1.12. The summed E-state index contributed by atoms with van der Waals surface area (Å²) < 4.78 is 5.09. The minimum Gasteiger partial charge on any atom is -0.475 e. The third-order valence-electron chi connectivity index (χ3n) is 1.76. The van der Waals surface area contributed by atoms with Crippen LogP contribution in [0.5, 0.6) is 0 Å². The first-order valence-corrected chi connectivity index (χ1v) is 4.01. The predicted molar refractivity (Wildman–Crippen MR) is 56.1 cm³/mol. The molecule has 0 bridgehead atoms. The number of carbonyl (C=O) groups is 1. The van der Waals surface area contributed by atoms with Gasteiger partial charge in [0.25, 0.3) is 0 Å². The summed E-state index contributed by atoms with van der Waals surface area (Å²) in [6.07, 6.45) is 3.26. The summed E-state index contributed by atoms with van der Waals surface area (Å²) in [5.74, 6) is -0.625. The molecule has 0 unspecified atom stereocenters. The third-order valence-corrected chi connectivity index (χ3v) is 1.76. The van der Waals surface area contributed by atoms with Crippen LogP contribution < -0.4 is 0 Å². The Kier molecular flexibility index (Phi) is 3.46. The van der Waals surface area contributed by atoms with Gasteiger partial charge in [0.15, 0.2) is 0 Å². The Bertz CT molecular complexity index is 453. The molecule has 2 aromatic rings. The van der Waals surface area contributed by atoms with Gasteiger partial charge in [0.2, 0.25) is 5.76 Å². The van der Waals surface area contributed by atoms with Crippen LogP contribution in [0.15, 0.2) is 41.1 Å². The van der Waals surface area contributed by atoms with Gasteiger partial charge in [0.1, 0.15) is 5.76 Å². The van der Waals surface area contributed by atoms with Gasteiger partial charge in [-0.25, -0.2) is 4.79 Å². The Morgan fingerprint density at radius 2 is 2.13 bits per heavy atom. The predicted octanol–water partition coefficient (Wildman–Crippen LogP) is 2.46. The van der Waals surface area contributed by atoms with Crippen LogP contribution in [-0.2, 0) is 0 Å². The van der Waals surface area contributed by atoms with Gasteiger partial charge in [-0.3, -0.25) is 4.98 Å². The Morgan fingerprint density at radius 1 is 1.33 bits per heavy atom. The molecule has 1 N–H and O–H groups in total. The van der Waals surface area contributed by atoms with Gasteiger partial charge in [-0.1, -0.05) is 0 Å². The van der Waals surface area contributed by atoms with E-state index in [1.54, 1.807) is 30.6 Å². The highest BCUT2D eigenvalue weighted by Gasteiger charge is 2.09. The van der Waals surface area contributed by atoms with Crippen LogP contribution in [0.4, 0.5) is 0 Å². The average molecular weight is 226 g/mol. The minimum absolute atomic E-state index is 0. The summed E-state index contributed by atoms with van der Waals surface area (Å²) >= 11 is 0. The van der Waals surface area contributed by atoms with Crippen LogP contribution in [0.3, 0.4) is 0 Å². The molecule has 4 nitrogen and oxygen atoms in total. The molecule has 0 saturated carbocycles. The summed E-state index contributed by atoms with van der Waals surface area (Å²) in [5, 5.41) is 8.64. The summed E-state index contributed by atoms with van der Waals surface area (Å²) in [6, 6.07) is 6.60. The van der Waals surface area contributed by atoms with Crippen molar-refractivity contribution in [2.45, 2.75) is 0 Å². The number of rotatable bonds is 2. The maximum absolute atomic E-state index is 10.5. The molecule has 0 amide bonds. The molecule has 5 heteroatoms. The van der Waals surface area contributed by atoms with E-state index in [4.69, 9.17) is 9.52 Å². The Hall–Kier alpha value is -1.81. The normalized spacial score (nSPS) is 9.33. The Balaban J connectivity index is 0.00000112. The zero-order valence-electron chi connectivity index (χ0n) is 7.58. The number of aromatic carboxylic acids is 1. The second kappa shape index (κ2) is 4.61. The molecule has 0 spiro atoms. The SMILES string of the molecule is Cl.O=C(O)c1ccc(-c2cccnc2)o1. The average Bonchev–Trinajstić information content (AvgIpc) is 2.68. The molecular formula is C10H8ClNO3. The van der Waals surface area contributed by atoms with Gasteiger partial charge in [0, 0.05) is 18.0 Å². The Labute approximate surface area is 92.0 Å². The summed E-state index contributed by atoms with van der Waals surface area (Å²) in [4.78, 5) is 14.4. The molecule has 0 aromatic carbocycles. The maximum Gasteiger partial charge on any atom is 0.371 e. The quantitative estimate of drug-likeness (QED) is 0.853. The van der Waals surface area contributed by atoms with Crippen molar-refractivity contribution in [2.24, 2.45) is 0 Å². The van der Waals surface area contributed by atoms with E-state index < -0.39 is 5.97 Å². The maximum atomic E-state index is 10.5. The number of aromatic nitrogens is 1. The highest BCUT2D eigenvalue weighted by molar-refractivity contribution is 5.85. The standard InChI is InChI=1S/C10H7NO3.ClH/c12-10(13)9-4-3-8(14-9)7-2-1-5-11-6-7;/h1-6H,(H,12,13);1H. The van der Waals surface area contributed by atoms with E-state index in [1.807, 2.05) is 0 Å². The lowest BCUT2D eigenvalue weighted by Gasteiger charge is -1.93. The molecule has 0 fully saturated rings. The van der Waals surface area contributed by atoms with E-state index in [2.05, 4.69) is 4.98 Å². The summed E-state index contributed by atoms with van der Waals surface area (Å²) in [6.45, 7) is 0. The van der Waals surface area contributed by atoms with Crippen molar-refractivity contribution in [3.05, 3.63) is 42.4 Å². The van der Waals surface area contributed by atoms with Crippen molar-refractivity contribution in [2.75, 3.05) is 0 Å². The number of carboxylic acid groups (broad SMARTS) is 1. The first-order chi connectivity index (χ1) is 6.77. The lowest BCUT2D eigenvalue weighted by molar-refractivity contribution is 0.0663. The smallest absolute Gasteiger partial charge is 0.371 e. The lowest BCUT2D eigenvalue weighted by Crippen LogP contribution is -1.91. The van der Waals surface area contributed by atoms with Crippen LogP contribution in [0, 0.1) is 0 Å². The van der Waals surface area contributed by atoms with Gasteiger partial charge in [-0.2, -0.15) is 0 Å². The zero-order chi connectivity index (χ0) is 9.97. The van der Waals surface area contributed by atoms with Crippen LogP contribution in [0.1, 0.15) is 10.6 Å². The molecule has 2 rings (SSSR count). The molecule has 0 aliphatic heterocycles. The van der Waals surface area contributed by atoms with Gasteiger partial charge in [-0.15, -0.1) is 12.4 Å². The number of carboxylic acids is 1. The van der Waals surface area contributed by atoms with Gasteiger partial charge in [-0.05, 0) is 24.3 Å². The topological polar surface area (TPSA) is 63.3 Å². The molecule has 0 saturated heterocycles. The first-order valence-electron chi connectivity index (χ1n) is 4.01. The van der Waals surface area contributed by atoms with E-state index >= 15 is 0 Å². The largest absolute Gasteiger partial charge is 0.475 e. The summed E-state index contributed by atoms with van der Waals surface area (Å²) in [5.41, 5.74) is 0.764. The van der Waals surface area contributed by atoms with Crippen molar-refractivity contribution < 1.29 is 14.3 Å². The fraction of sp³-hybridized carbons (Fsp3) is 0. The molecule has 2 aromatic heterocycles. The number of halogens is 1. The number of pyridine rings is 1. The van der Waals surface area contributed by atoms with Crippen molar-refractivity contribution in [1.29, 1.82) is 0 Å². The van der Waals surface area contributed by atoms with Gasteiger partial charge in [0.05, 0.1) is 0 Å². The van der Waals surface area contributed by atoms with Crippen LogP contribution in [0.2, 0.25) is 0 Å². The van der Waals surface area contributed by atoms with Crippen molar-refractivity contribution in [3.8, 4) is 11.3 Å². The second-order valence-corrected chi connectivity index (χ2v) is 2.71. The van der Waals surface area contributed by atoms with Gasteiger partial charge >= 0.3 is 5.97 Å². The van der Waals surface area contributed by atoms with E-state index in [0.717, 1.165) is 5.56 Å². The van der Waals surface area contributed by atoms with Gasteiger partial charge < -0.3 is 9.52 Å². The monoisotopic (exact) mass is 225 g/mol. The number of furan rings is 1. The van der Waals surface area contributed by atoms with Crippen LogP contribution >= 0.6 is 12.4 Å². The molecule has 78 valence electrons. The highest BCUT2D eigenvalue weighted by Crippen LogP contribution is 2.20. The van der Waals surface area contributed by atoms with E-state index in [9.17, 15) is 4.79 Å². The third kappa shape index (κ3) is 2.35. The molecule has 0 radical (unpaired) electrons. The molecule has 2 heterocycles. The molecule has 0 aliphatic rings. The minimum atomic E-state index is -1.07. The zero-order valence-corrected chi connectivity index (χ0v) is 8.40. The van der Waals surface area contributed by atoms with E-state index in [-0.39, 0.29) is 18.2 Å². The number of hydrogen-bond donors (Lipinski definition) is 1. The van der Waals surface area contributed by atoms with Crippen molar-refractivity contribution in [1.82, 2.24) is 4.98 Å². The molecule has 0 atom stereocenters. The number of hydrogen-bond acceptors (Lipinski definition) is 3. The first kappa shape index (κ1) is 11.3.